The molecule has 0 aliphatic heterocycles. The van der Waals surface area contributed by atoms with E-state index in [0.29, 0.717) is 6.42 Å². The number of alkyl halides is 1. The van der Waals surface area contributed by atoms with Crippen molar-refractivity contribution in [1.29, 1.82) is 0 Å². The van der Waals surface area contributed by atoms with Crippen molar-refractivity contribution in [3.05, 3.63) is 0 Å². The lowest BCUT2D eigenvalue weighted by Crippen LogP contribution is -2.40. The van der Waals surface area contributed by atoms with E-state index in [1.165, 1.54) is 0 Å². The molecule has 0 aromatic carbocycles. The third-order valence-corrected chi connectivity index (χ3v) is 1.79. The molecule has 0 fully saturated rings. The average molecular weight is 180 g/mol. The normalized spacial score (nSPS) is 15.6. The van der Waals surface area contributed by atoms with Crippen molar-refractivity contribution in [3.63, 3.8) is 0 Å². The Bertz CT molecular complexity index is 136. The number of aliphatic hydroxyl groups is 1. The van der Waals surface area contributed by atoms with Crippen LogP contribution in [0.15, 0.2) is 0 Å². The molecular formula is C7H14ClNO2. The highest BCUT2D eigenvalue weighted by Gasteiger charge is 2.17. The van der Waals surface area contributed by atoms with Crippen molar-refractivity contribution >= 4 is 17.5 Å². The third-order valence-electron chi connectivity index (χ3n) is 1.55. The molecule has 0 spiro atoms. The van der Waals surface area contributed by atoms with Gasteiger partial charge in [-0.15, -0.1) is 11.6 Å². The van der Waals surface area contributed by atoms with Crippen LogP contribution in [0.2, 0.25) is 0 Å². The van der Waals surface area contributed by atoms with Gasteiger partial charge in [0.05, 0.1) is 5.60 Å². The van der Waals surface area contributed by atoms with E-state index in [0.717, 1.165) is 0 Å². The number of nitrogens with one attached hydrogen (secondary N) is 1. The van der Waals surface area contributed by atoms with Crippen LogP contribution in [0.25, 0.3) is 0 Å². The minimum atomic E-state index is -0.818. The molecule has 1 amide bonds. The Hall–Kier alpha value is -0.280. The van der Waals surface area contributed by atoms with Gasteiger partial charge in [-0.3, -0.25) is 4.79 Å². The van der Waals surface area contributed by atoms with Crippen LogP contribution >= 0.6 is 11.6 Å². The Morgan fingerprint density at radius 3 is 2.64 bits per heavy atom. The van der Waals surface area contributed by atoms with Crippen molar-refractivity contribution < 1.29 is 9.90 Å². The first-order valence-corrected chi connectivity index (χ1v) is 4.10. The van der Waals surface area contributed by atoms with E-state index < -0.39 is 5.60 Å². The van der Waals surface area contributed by atoms with E-state index in [-0.39, 0.29) is 18.3 Å². The van der Waals surface area contributed by atoms with Crippen molar-refractivity contribution in [2.24, 2.45) is 0 Å². The summed E-state index contributed by atoms with van der Waals surface area (Å²) in [6, 6.07) is 0. The first-order valence-electron chi connectivity index (χ1n) is 3.57. The van der Waals surface area contributed by atoms with Crippen LogP contribution in [-0.2, 0) is 4.79 Å². The van der Waals surface area contributed by atoms with Gasteiger partial charge in [-0.1, -0.05) is 6.92 Å². The lowest BCUT2D eigenvalue weighted by molar-refractivity contribution is -0.119. The van der Waals surface area contributed by atoms with E-state index >= 15 is 0 Å². The maximum atomic E-state index is 10.6. The van der Waals surface area contributed by atoms with Gasteiger partial charge in [0.2, 0.25) is 5.91 Å². The Labute approximate surface area is 71.7 Å². The van der Waals surface area contributed by atoms with E-state index in [4.69, 9.17) is 11.6 Å². The van der Waals surface area contributed by atoms with Crippen LogP contribution < -0.4 is 5.32 Å². The van der Waals surface area contributed by atoms with Gasteiger partial charge in [0, 0.05) is 6.54 Å². The van der Waals surface area contributed by atoms with Gasteiger partial charge in [0.1, 0.15) is 5.88 Å². The van der Waals surface area contributed by atoms with Gasteiger partial charge in [-0.2, -0.15) is 0 Å². The first kappa shape index (κ1) is 10.7. The maximum Gasteiger partial charge on any atom is 0.235 e. The fourth-order valence-corrected chi connectivity index (χ4v) is 0.556. The maximum absolute atomic E-state index is 10.6. The predicted octanol–water partition coefficient (Wildman–Crippen LogP) is 0.502. The molecule has 0 radical (unpaired) electrons. The summed E-state index contributed by atoms with van der Waals surface area (Å²) in [4.78, 5) is 10.6. The highest BCUT2D eigenvalue weighted by atomic mass is 35.5. The van der Waals surface area contributed by atoms with Gasteiger partial charge < -0.3 is 10.4 Å². The summed E-state index contributed by atoms with van der Waals surface area (Å²) in [5.41, 5.74) is -0.818. The van der Waals surface area contributed by atoms with Gasteiger partial charge in [0.25, 0.3) is 0 Å². The number of carbonyl (C=O) groups is 1. The summed E-state index contributed by atoms with van der Waals surface area (Å²) in [5.74, 6) is -0.305. The summed E-state index contributed by atoms with van der Waals surface area (Å²) < 4.78 is 0. The molecule has 0 heterocycles. The molecule has 0 rings (SSSR count). The van der Waals surface area contributed by atoms with Crippen LogP contribution in [0.4, 0.5) is 0 Å². The van der Waals surface area contributed by atoms with E-state index in [1.807, 2.05) is 6.92 Å². The van der Waals surface area contributed by atoms with Crippen molar-refractivity contribution in [2.45, 2.75) is 25.9 Å². The number of hydrogen-bond donors (Lipinski definition) is 2. The monoisotopic (exact) mass is 179 g/mol. The number of hydrogen-bond acceptors (Lipinski definition) is 2. The second-order valence-corrected chi connectivity index (χ2v) is 3.03. The molecule has 0 aromatic heterocycles. The molecular weight excluding hydrogens is 166 g/mol. The predicted molar refractivity (Wildman–Crippen MR) is 44.6 cm³/mol. The van der Waals surface area contributed by atoms with Crippen LogP contribution in [0.1, 0.15) is 20.3 Å². The summed E-state index contributed by atoms with van der Waals surface area (Å²) in [5, 5.41) is 11.9. The Morgan fingerprint density at radius 1 is 1.73 bits per heavy atom. The zero-order valence-corrected chi connectivity index (χ0v) is 7.61. The van der Waals surface area contributed by atoms with E-state index in [2.05, 4.69) is 5.32 Å². The van der Waals surface area contributed by atoms with Crippen LogP contribution in [0, 0.1) is 0 Å². The highest BCUT2D eigenvalue weighted by molar-refractivity contribution is 6.27. The highest BCUT2D eigenvalue weighted by Crippen LogP contribution is 2.05. The van der Waals surface area contributed by atoms with Crippen molar-refractivity contribution in [3.8, 4) is 0 Å². The van der Waals surface area contributed by atoms with E-state index in [9.17, 15) is 9.90 Å². The number of rotatable bonds is 4. The summed E-state index contributed by atoms with van der Waals surface area (Å²) in [6.07, 6.45) is 0.607. The molecule has 0 saturated heterocycles. The van der Waals surface area contributed by atoms with Crippen LogP contribution in [0.5, 0.6) is 0 Å². The Kier molecular flexibility index (Phi) is 4.45. The van der Waals surface area contributed by atoms with Crippen molar-refractivity contribution in [1.82, 2.24) is 5.32 Å². The second kappa shape index (κ2) is 4.57. The fourth-order valence-electron chi connectivity index (χ4n) is 0.461. The summed E-state index contributed by atoms with van der Waals surface area (Å²) >= 11 is 5.23. The minimum absolute atomic E-state index is 0.0558. The molecule has 0 aromatic rings. The van der Waals surface area contributed by atoms with Crippen LogP contribution in [-0.4, -0.2) is 29.0 Å². The molecule has 0 saturated carbocycles. The van der Waals surface area contributed by atoms with Gasteiger partial charge in [0.15, 0.2) is 0 Å². The summed E-state index contributed by atoms with van der Waals surface area (Å²) in [6.45, 7) is 3.78. The SMILES string of the molecule is CCC(C)(O)CNC(=O)CCl. The first-order chi connectivity index (χ1) is 5.02. The van der Waals surface area contributed by atoms with Crippen molar-refractivity contribution in [2.75, 3.05) is 12.4 Å². The average Bonchev–Trinajstić information content (AvgIpc) is 2.00. The summed E-state index contributed by atoms with van der Waals surface area (Å²) in [7, 11) is 0. The second-order valence-electron chi connectivity index (χ2n) is 2.76. The van der Waals surface area contributed by atoms with E-state index in [1.54, 1.807) is 6.92 Å². The Morgan fingerprint density at radius 2 is 2.27 bits per heavy atom. The molecule has 3 nitrogen and oxygen atoms in total. The zero-order valence-electron chi connectivity index (χ0n) is 6.85. The lowest BCUT2D eigenvalue weighted by atomic mass is 10.0. The number of halogens is 1. The molecule has 2 N–H and O–H groups in total. The molecule has 0 aliphatic rings. The third kappa shape index (κ3) is 5.04. The molecule has 1 atom stereocenters. The van der Waals surface area contributed by atoms with Gasteiger partial charge in [-0.25, -0.2) is 0 Å². The Balaban J connectivity index is 3.61. The largest absolute Gasteiger partial charge is 0.388 e. The standard InChI is InChI=1S/C7H14ClNO2/c1-3-7(2,11)5-9-6(10)4-8/h11H,3-5H2,1-2H3,(H,9,10). The fraction of sp³-hybridized carbons (Fsp3) is 0.857. The molecule has 4 heteroatoms. The smallest absolute Gasteiger partial charge is 0.235 e. The van der Waals surface area contributed by atoms with Gasteiger partial charge in [-0.05, 0) is 13.3 Å². The molecule has 0 bridgehead atoms. The van der Waals surface area contributed by atoms with Crippen LogP contribution in [0.3, 0.4) is 0 Å². The molecule has 11 heavy (non-hydrogen) atoms. The lowest BCUT2D eigenvalue weighted by Gasteiger charge is -2.20. The number of carbonyl (C=O) groups excluding carboxylic acids is 1. The van der Waals surface area contributed by atoms with Gasteiger partial charge >= 0.3 is 0 Å². The number of amides is 1. The molecule has 66 valence electrons. The topological polar surface area (TPSA) is 49.3 Å². The zero-order chi connectivity index (χ0) is 8.91. The molecule has 0 aliphatic carbocycles. The molecule has 1 unspecified atom stereocenters. The minimum Gasteiger partial charge on any atom is -0.388 e. The quantitative estimate of drug-likeness (QED) is 0.618.